The van der Waals surface area contributed by atoms with Gasteiger partial charge in [-0.3, -0.25) is 0 Å². The first-order valence-corrected chi connectivity index (χ1v) is 5.63. The number of hydrogen-bond donors (Lipinski definition) is 3. The summed E-state index contributed by atoms with van der Waals surface area (Å²) >= 11 is 0. The van der Waals surface area contributed by atoms with Gasteiger partial charge in [0.25, 0.3) is 0 Å². The van der Waals surface area contributed by atoms with E-state index >= 15 is 0 Å². The van der Waals surface area contributed by atoms with E-state index in [0.717, 1.165) is 12.6 Å². The lowest BCUT2D eigenvalue weighted by atomic mass is 10.3. The topological polar surface area (TPSA) is 137 Å². The zero-order chi connectivity index (χ0) is 12.1. The van der Waals surface area contributed by atoms with Gasteiger partial charge >= 0.3 is 0 Å². The minimum Gasteiger partial charge on any atom is -0.744 e. The van der Waals surface area contributed by atoms with Crippen LogP contribution in [-0.2, 0) is 10.1 Å². The molecule has 0 bridgehead atoms. The fourth-order valence-electron chi connectivity index (χ4n) is 0.767. The summed E-state index contributed by atoms with van der Waals surface area (Å²) in [5.41, 5.74) is 14.1. The van der Waals surface area contributed by atoms with Crippen LogP contribution in [0.15, 0.2) is 23.1 Å². The van der Waals surface area contributed by atoms with Gasteiger partial charge in [0.2, 0.25) is 0 Å². The van der Waals surface area contributed by atoms with Crippen LogP contribution in [0, 0.1) is 0 Å². The summed E-state index contributed by atoms with van der Waals surface area (Å²) in [6.45, 7) is 3.01. The van der Waals surface area contributed by atoms with Crippen LogP contribution < -0.4 is 17.2 Å². The fraction of sp³-hybridized carbons (Fsp3) is 0.250. The van der Waals surface area contributed by atoms with E-state index < -0.39 is 15.0 Å². The van der Waals surface area contributed by atoms with Gasteiger partial charge in [0.1, 0.15) is 10.1 Å². The van der Waals surface area contributed by atoms with E-state index in [1.165, 1.54) is 12.1 Å². The Bertz CT molecular complexity index is 417. The zero-order valence-corrected chi connectivity index (χ0v) is 9.25. The van der Waals surface area contributed by atoms with E-state index in [4.69, 9.17) is 11.5 Å². The van der Waals surface area contributed by atoms with Crippen LogP contribution in [0.25, 0.3) is 0 Å². The van der Waals surface area contributed by atoms with Crippen molar-refractivity contribution in [3.8, 4) is 0 Å². The molecule has 7 heteroatoms. The van der Waals surface area contributed by atoms with E-state index in [-0.39, 0.29) is 11.4 Å². The Hall–Kier alpha value is -1.31. The Morgan fingerprint density at radius 2 is 1.87 bits per heavy atom. The van der Waals surface area contributed by atoms with Gasteiger partial charge in [-0.1, -0.05) is 0 Å². The number of benzene rings is 1. The molecule has 0 fully saturated rings. The van der Waals surface area contributed by atoms with Crippen LogP contribution in [0.3, 0.4) is 0 Å². The Labute approximate surface area is 88.8 Å². The van der Waals surface area contributed by atoms with Gasteiger partial charge in [0.15, 0.2) is 0 Å². The molecule has 0 radical (unpaired) electrons. The number of quaternary nitrogens is 1. The molecule has 0 aromatic heterocycles. The van der Waals surface area contributed by atoms with Gasteiger partial charge in [0, 0.05) is 11.4 Å². The number of nitrogens with two attached hydrogens (primary N) is 2. The smallest absolute Gasteiger partial charge is 0.126 e. The average molecular weight is 233 g/mol. The lowest BCUT2D eigenvalue weighted by Gasteiger charge is -2.09. The SMILES string of the molecule is CC[NH3+].Nc1ccc(N)c(S(=O)(=O)[O-])c1. The van der Waals surface area contributed by atoms with Crippen molar-refractivity contribution in [1.29, 1.82) is 0 Å². The minimum absolute atomic E-state index is 0.0841. The molecule has 6 nitrogen and oxygen atoms in total. The molecule has 0 aliphatic heterocycles. The predicted molar refractivity (Wildman–Crippen MR) is 56.7 cm³/mol. The molecule has 0 amide bonds. The lowest BCUT2D eigenvalue weighted by molar-refractivity contribution is -0.361. The van der Waals surface area contributed by atoms with Crippen molar-refractivity contribution < 1.29 is 18.7 Å². The number of anilines is 2. The fourth-order valence-corrected chi connectivity index (χ4v) is 1.40. The molecule has 0 atom stereocenters. The molecule has 0 saturated heterocycles. The van der Waals surface area contributed by atoms with Crippen molar-refractivity contribution in [2.24, 2.45) is 0 Å². The van der Waals surface area contributed by atoms with Gasteiger partial charge in [-0.25, -0.2) is 8.42 Å². The number of hydrogen-bond acceptors (Lipinski definition) is 5. The monoisotopic (exact) mass is 233 g/mol. The van der Waals surface area contributed by atoms with Crippen molar-refractivity contribution in [1.82, 2.24) is 0 Å². The van der Waals surface area contributed by atoms with Crippen LogP contribution in [-0.4, -0.2) is 19.5 Å². The van der Waals surface area contributed by atoms with E-state index in [1.807, 2.05) is 6.92 Å². The molecule has 0 heterocycles. The Balaban J connectivity index is 0.000000583. The highest BCUT2D eigenvalue weighted by Crippen LogP contribution is 2.20. The Morgan fingerprint density at radius 1 is 1.40 bits per heavy atom. The van der Waals surface area contributed by atoms with E-state index in [1.54, 1.807) is 0 Å². The second-order valence-electron chi connectivity index (χ2n) is 2.75. The maximum absolute atomic E-state index is 10.5. The van der Waals surface area contributed by atoms with E-state index in [2.05, 4.69) is 5.73 Å². The molecule has 86 valence electrons. The molecule has 1 aromatic carbocycles. The third-order valence-corrected chi connectivity index (χ3v) is 2.20. The third kappa shape index (κ3) is 4.63. The quantitative estimate of drug-likeness (QED) is 0.422. The average Bonchev–Trinajstić information content (AvgIpc) is 2.09. The van der Waals surface area contributed by atoms with Gasteiger partial charge in [-0.2, -0.15) is 0 Å². The van der Waals surface area contributed by atoms with Crippen LogP contribution in [0.1, 0.15) is 6.92 Å². The van der Waals surface area contributed by atoms with Gasteiger partial charge in [-0.05, 0) is 25.1 Å². The molecular weight excluding hydrogens is 218 g/mol. The first kappa shape index (κ1) is 13.7. The van der Waals surface area contributed by atoms with E-state index in [0.29, 0.717) is 0 Å². The van der Waals surface area contributed by atoms with Gasteiger partial charge < -0.3 is 21.8 Å². The summed E-state index contributed by atoms with van der Waals surface area (Å²) in [6.07, 6.45) is 0. The summed E-state index contributed by atoms with van der Waals surface area (Å²) < 4.78 is 31.5. The number of nitrogen functional groups attached to an aromatic ring is 2. The largest absolute Gasteiger partial charge is 0.744 e. The van der Waals surface area contributed by atoms with Crippen LogP contribution in [0.2, 0.25) is 0 Å². The Kier molecular flexibility index (Phi) is 5.06. The molecule has 0 aliphatic rings. The molecule has 1 rings (SSSR count). The van der Waals surface area contributed by atoms with Crippen molar-refractivity contribution in [2.45, 2.75) is 11.8 Å². The van der Waals surface area contributed by atoms with Crippen molar-refractivity contribution in [2.75, 3.05) is 18.0 Å². The second kappa shape index (κ2) is 5.54. The summed E-state index contributed by atoms with van der Waals surface area (Å²) in [4.78, 5) is -0.470. The van der Waals surface area contributed by atoms with Crippen molar-refractivity contribution in [3.63, 3.8) is 0 Å². The standard InChI is InChI=1S/C6H8N2O3S.C2H7N/c7-4-1-2-5(8)6(3-4)12(9,10)11;1-2-3/h1-3H,7-8H2,(H,9,10,11);2-3H2,1H3. The maximum atomic E-state index is 10.5. The lowest BCUT2D eigenvalue weighted by Crippen LogP contribution is -2.48. The first-order chi connectivity index (χ1) is 6.82. The highest BCUT2D eigenvalue weighted by Gasteiger charge is 2.05. The predicted octanol–water partition coefficient (Wildman–Crippen LogP) is -0.997. The summed E-state index contributed by atoms with van der Waals surface area (Å²) in [5.74, 6) is 0. The first-order valence-electron chi connectivity index (χ1n) is 4.23. The van der Waals surface area contributed by atoms with Crippen LogP contribution in [0.5, 0.6) is 0 Å². The maximum Gasteiger partial charge on any atom is 0.126 e. The molecular formula is C8H15N3O3S. The summed E-state index contributed by atoms with van der Waals surface area (Å²) in [5, 5.41) is 0. The molecule has 1 aromatic rings. The van der Waals surface area contributed by atoms with Gasteiger partial charge in [-0.15, -0.1) is 0 Å². The minimum atomic E-state index is -4.51. The van der Waals surface area contributed by atoms with Crippen molar-refractivity contribution in [3.05, 3.63) is 18.2 Å². The highest BCUT2D eigenvalue weighted by molar-refractivity contribution is 7.86. The normalized spacial score (nSPS) is 10.3. The molecule has 0 saturated carbocycles. The molecule has 15 heavy (non-hydrogen) atoms. The Morgan fingerprint density at radius 3 is 2.20 bits per heavy atom. The summed E-state index contributed by atoms with van der Waals surface area (Å²) in [7, 11) is -4.51. The van der Waals surface area contributed by atoms with E-state index in [9.17, 15) is 13.0 Å². The van der Waals surface area contributed by atoms with Crippen LogP contribution in [0.4, 0.5) is 11.4 Å². The zero-order valence-electron chi connectivity index (χ0n) is 8.43. The highest BCUT2D eigenvalue weighted by atomic mass is 32.2. The molecule has 0 spiro atoms. The van der Waals surface area contributed by atoms with Crippen molar-refractivity contribution >= 4 is 21.5 Å². The molecule has 0 unspecified atom stereocenters. The summed E-state index contributed by atoms with van der Waals surface area (Å²) in [6, 6.07) is 3.74. The molecule has 7 N–H and O–H groups in total. The van der Waals surface area contributed by atoms with Crippen LogP contribution >= 0.6 is 0 Å². The third-order valence-electron chi connectivity index (χ3n) is 1.31. The number of rotatable bonds is 1. The van der Waals surface area contributed by atoms with Gasteiger partial charge in [0.05, 0.1) is 11.4 Å². The molecule has 0 aliphatic carbocycles. The second-order valence-corrected chi connectivity index (χ2v) is 4.10.